The topological polar surface area (TPSA) is 76.7 Å². The van der Waals surface area contributed by atoms with Gasteiger partial charge in [0.1, 0.15) is 0 Å². The summed E-state index contributed by atoms with van der Waals surface area (Å²) in [6.07, 6.45) is 0.535. The van der Waals surface area contributed by atoms with E-state index in [1.165, 1.54) is 7.11 Å². The molecule has 1 aliphatic carbocycles. The Labute approximate surface area is 162 Å². The smallest absolute Gasteiger partial charge is 0.228 e. The lowest BCUT2D eigenvalue weighted by Gasteiger charge is -2.10. The quantitative estimate of drug-likeness (QED) is 0.763. The third-order valence-electron chi connectivity index (χ3n) is 4.53. The fraction of sp³-hybridized carbons (Fsp3) is 0.300. The number of benzene rings is 2. The molecule has 0 saturated heterocycles. The second-order valence-corrected chi connectivity index (χ2v) is 6.72. The summed E-state index contributed by atoms with van der Waals surface area (Å²) < 4.78 is 10.4. The van der Waals surface area contributed by atoms with Crippen molar-refractivity contribution >= 4 is 29.1 Å². The Kier molecular flexibility index (Phi) is 5.86. The maximum absolute atomic E-state index is 12.4. The van der Waals surface area contributed by atoms with Crippen LogP contribution >= 0.6 is 11.6 Å². The summed E-state index contributed by atoms with van der Waals surface area (Å²) >= 11 is 6.08. The average Bonchev–Trinajstić information content (AvgIpc) is 3.48. The first-order chi connectivity index (χ1) is 13.0. The first-order valence-electron chi connectivity index (χ1n) is 8.57. The van der Waals surface area contributed by atoms with Crippen LogP contribution in [-0.2, 0) is 16.1 Å². The van der Waals surface area contributed by atoms with Gasteiger partial charge in [-0.3, -0.25) is 9.59 Å². The summed E-state index contributed by atoms with van der Waals surface area (Å²) in [7, 11) is 3.08. The number of halogens is 1. The summed E-state index contributed by atoms with van der Waals surface area (Å²) in [5.41, 5.74) is 1.44. The Balaban J connectivity index is 1.53. The van der Waals surface area contributed by atoms with Gasteiger partial charge < -0.3 is 20.1 Å². The van der Waals surface area contributed by atoms with Crippen molar-refractivity contribution in [2.45, 2.75) is 13.0 Å². The highest BCUT2D eigenvalue weighted by Crippen LogP contribution is 2.40. The summed E-state index contributed by atoms with van der Waals surface area (Å²) in [5, 5.41) is 6.27. The van der Waals surface area contributed by atoms with Gasteiger partial charge in [0.15, 0.2) is 11.5 Å². The van der Waals surface area contributed by atoms with Gasteiger partial charge in [0.25, 0.3) is 0 Å². The predicted octanol–water partition coefficient (Wildman–Crippen LogP) is 3.25. The zero-order valence-electron chi connectivity index (χ0n) is 15.1. The maximum Gasteiger partial charge on any atom is 0.228 e. The Bertz CT molecular complexity index is 856. The standard InChI is InChI=1S/C20H21ClN2O4/c1-26-17-8-7-13(9-18(17)27-2)23-20(25)15-10-14(15)19(24)22-11-12-5-3-4-6-16(12)21/h3-9,14-15H,10-11H2,1-2H3,(H,22,24)(H,23,25). The van der Waals surface area contributed by atoms with Gasteiger partial charge in [-0.2, -0.15) is 0 Å². The van der Waals surface area contributed by atoms with Crippen LogP contribution in [0.25, 0.3) is 0 Å². The van der Waals surface area contributed by atoms with E-state index in [1.807, 2.05) is 18.2 Å². The van der Waals surface area contributed by atoms with Crippen molar-refractivity contribution in [1.82, 2.24) is 5.32 Å². The van der Waals surface area contributed by atoms with E-state index < -0.39 is 0 Å². The number of rotatable bonds is 7. The molecular weight excluding hydrogens is 368 g/mol. The molecule has 2 aromatic carbocycles. The molecule has 3 rings (SSSR count). The van der Waals surface area contributed by atoms with E-state index in [1.54, 1.807) is 31.4 Å². The summed E-state index contributed by atoms with van der Waals surface area (Å²) in [6, 6.07) is 12.5. The second-order valence-electron chi connectivity index (χ2n) is 6.32. The Morgan fingerprint density at radius 1 is 1.04 bits per heavy atom. The van der Waals surface area contributed by atoms with Crippen molar-refractivity contribution in [1.29, 1.82) is 0 Å². The molecule has 2 unspecified atom stereocenters. The molecule has 2 amide bonds. The number of methoxy groups -OCH3 is 2. The number of ether oxygens (including phenoxy) is 2. The van der Waals surface area contributed by atoms with Crippen LogP contribution in [0.4, 0.5) is 5.69 Å². The molecule has 0 radical (unpaired) electrons. The summed E-state index contributed by atoms with van der Waals surface area (Å²) in [5.74, 6) is 0.151. The fourth-order valence-corrected chi connectivity index (χ4v) is 3.08. The van der Waals surface area contributed by atoms with E-state index in [2.05, 4.69) is 10.6 Å². The molecule has 7 heteroatoms. The van der Waals surface area contributed by atoms with Crippen LogP contribution in [0.15, 0.2) is 42.5 Å². The van der Waals surface area contributed by atoms with Crippen molar-refractivity contribution in [2.24, 2.45) is 11.8 Å². The van der Waals surface area contributed by atoms with Crippen molar-refractivity contribution in [3.05, 3.63) is 53.1 Å². The molecule has 2 atom stereocenters. The lowest BCUT2D eigenvalue weighted by atomic mass is 10.2. The molecule has 0 aliphatic heterocycles. The number of nitrogens with one attached hydrogen (secondary N) is 2. The first-order valence-corrected chi connectivity index (χ1v) is 8.95. The highest BCUT2D eigenvalue weighted by molar-refractivity contribution is 6.31. The SMILES string of the molecule is COc1ccc(NC(=O)C2CC2C(=O)NCc2ccccc2Cl)cc1OC. The van der Waals surface area contributed by atoms with Crippen molar-refractivity contribution < 1.29 is 19.1 Å². The van der Waals surface area contributed by atoms with Gasteiger partial charge in [-0.1, -0.05) is 29.8 Å². The van der Waals surface area contributed by atoms with Crippen LogP contribution in [-0.4, -0.2) is 26.0 Å². The highest BCUT2D eigenvalue weighted by atomic mass is 35.5. The molecule has 6 nitrogen and oxygen atoms in total. The largest absolute Gasteiger partial charge is 0.493 e. The lowest BCUT2D eigenvalue weighted by Crippen LogP contribution is -2.27. The molecule has 1 fully saturated rings. The predicted molar refractivity (Wildman–Crippen MR) is 103 cm³/mol. The van der Waals surface area contributed by atoms with Crippen LogP contribution in [0.1, 0.15) is 12.0 Å². The Morgan fingerprint density at radius 2 is 1.74 bits per heavy atom. The minimum Gasteiger partial charge on any atom is -0.493 e. The third kappa shape index (κ3) is 4.52. The number of carbonyl (C=O) groups is 2. The van der Waals surface area contributed by atoms with Crippen LogP contribution in [0.3, 0.4) is 0 Å². The zero-order chi connectivity index (χ0) is 19.4. The molecule has 142 valence electrons. The zero-order valence-corrected chi connectivity index (χ0v) is 15.9. The van der Waals surface area contributed by atoms with Gasteiger partial charge in [-0.15, -0.1) is 0 Å². The average molecular weight is 389 g/mol. The molecule has 2 N–H and O–H groups in total. The van der Waals surface area contributed by atoms with Crippen LogP contribution in [0.2, 0.25) is 5.02 Å². The van der Waals surface area contributed by atoms with Gasteiger partial charge in [0.2, 0.25) is 11.8 Å². The van der Waals surface area contributed by atoms with Gasteiger partial charge >= 0.3 is 0 Å². The van der Waals surface area contributed by atoms with Gasteiger partial charge in [-0.05, 0) is 30.2 Å². The third-order valence-corrected chi connectivity index (χ3v) is 4.89. The van der Waals surface area contributed by atoms with E-state index in [4.69, 9.17) is 21.1 Å². The van der Waals surface area contributed by atoms with E-state index in [0.717, 1.165) is 5.56 Å². The number of hydrogen-bond acceptors (Lipinski definition) is 4. The Hall–Kier alpha value is -2.73. The van der Waals surface area contributed by atoms with E-state index in [-0.39, 0.29) is 23.7 Å². The Morgan fingerprint density at radius 3 is 2.44 bits per heavy atom. The number of amides is 2. The van der Waals surface area contributed by atoms with Gasteiger partial charge in [0.05, 0.1) is 26.1 Å². The van der Waals surface area contributed by atoms with Gasteiger partial charge in [0, 0.05) is 23.3 Å². The van der Waals surface area contributed by atoms with Gasteiger partial charge in [-0.25, -0.2) is 0 Å². The van der Waals surface area contributed by atoms with Crippen molar-refractivity contribution in [3.63, 3.8) is 0 Å². The molecule has 0 bridgehead atoms. The lowest BCUT2D eigenvalue weighted by molar-refractivity contribution is -0.125. The van der Waals surface area contributed by atoms with Crippen LogP contribution in [0.5, 0.6) is 11.5 Å². The van der Waals surface area contributed by atoms with E-state index in [9.17, 15) is 9.59 Å². The van der Waals surface area contributed by atoms with Crippen LogP contribution in [0, 0.1) is 11.8 Å². The summed E-state index contributed by atoms with van der Waals surface area (Å²) in [4.78, 5) is 24.7. The molecule has 1 saturated carbocycles. The minimum absolute atomic E-state index is 0.137. The maximum atomic E-state index is 12.4. The number of carbonyl (C=O) groups excluding carboxylic acids is 2. The molecule has 0 spiro atoms. The second kappa shape index (κ2) is 8.31. The molecule has 0 aromatic heterocycles. The van der Waals surface area contributed by atoms with Crippen LogP contribution < -0.4 is 20.1 Å². The number of hydrogen-bond donors (Lipinski definition) is 2. The summed E-state index contributed by atoms with van der Waals surface area (Å²) in [6.45, 7) is 0.346. The normalized spacial score (nSPS) is 17.7. The molecular formula is C20H21ClN2O4. The molecule has 27 heavy (non-hydrogen) atoms. The minimum atomic E-state index is -0.329. The highest BCUT2D eigenvalue weighted by Gasteiger charge is 2.47. The number of anilines is 1. The van der Waals surface area contributed by atoms with Crippen molar-refractivity contribution in [2.75, 3.05) is 19.5 Å². The molecule has 2 aromatic rings. The monoisotopic (exact) mass is 388 g/mol. The fourth-order valence-electron chi connectivity index (χ4n) is 2.88. The molecule has 1 aliphatic rings. The van der Waals surface area contributed by atoms with E-state index in [0.29, 0.717) is 35.2 Å². The molecule has 0 heterocycles. The first kappa shape index (κ1) is 19.0. The van der Waals surface area contributed by atoms with E-state index >= 15 is 0 Å². The van der Waals surface area contributed by atoms with Crippen molar-refractivity contribution in [3.8, 4) is 11.5 Å².